The Morgan fingerprint density at radius 2 is 1.96 bits per heavy atom. The summed E-state index contributed by atoms with van der Waals surface area (Å²) in [6, 6.07) is 10.4. The second kappa shape index (κ2) is 7.09. The number of likely N-dealkylation sites (tertiary alicyclic amines) is 1. The number of rotatable bonds is 3. The van der Waals surface area contributed by atoms with Crippen LogP contribution in [0.1, 0.15) is 24.6 Å². The minimum atomic E-state index is 0.409. The van der Waals surface area contributed by atoms with Gasteiger partial charge in [0, 0.05) is 5.92 Å². The fourth-order valence-electron chi connectivity index (χ4n) is 3.91. The van der Waals surface area contributed by atoms with Gasteiger partial charge in [-0.2, -0.15) is 9.61 Å². The van der Waals surface area contributed by atoms with Gasteiger partial charge in [0.1, 0.15) is 5.75 Å². The van der Waals surface area contributed by atoms with Gasteiger partial charge >= 0.3 is 0 Å². The number of hydrogen-bond donors (Lipinski definition) is 0. The summed E-state index contributed by atoms with van der Waals surface area (Å²) in [5, 5.41) is 16.9. The number of hydrogen-bond acceptors (Lipinski definition) is 6. The van der Waals surface area contributed by atoms with E-state index < -0.39 is 0 Å². The van der Waals surface area contributed by atoms with E-state index in [-0.39, 0.29) is 0 Å². The van der Waals surface area contributed by atoms with Gasteiger partial charge in [-0.3, -0.25) is 0 Å². The number of nitrogens with zero attached hydrogens (tertiary/aromatic N) is 5. The Balaban J connectivity index is 1.62. The first-order valence-corrected chi connectivity index (χ1v) is 10.9. The fraction of sp³-hybridized carbons (Fsp3) is 0.350. The van der Waals surface area contributed by atoms with Crippen LogP contribution in [0.15, 0.2) is 34.8 Å². The first kappa shape index (κ1) is 18.0. The molecule has 0 radical (unpaired) electrons. The number of methoxy groups -OCH3 is 1. The predicted octanol–water partition coefficient (Wildman–Crippen LogP) is 4.59. The zero-order valence-corrected chi connectivity index (χ0v) is 18.1. The number of benzene rings is 2. The number of halogens is 1. The van der Waals surface area contributed by atoms with Crippen molar-refractivity contribution in [3.63, 3.8) is 0 Å². The summed E-state index contributed by atoms with van der Waals surface area (Å²) in [6.07, 6.45) is 2.18. The average Bonchev–Trinajstić information content (AvgIpc) is 3.29. The molecule has 0 aliphatic carbocycles. The van der Waals surface area contributed by atoms with Crippen molar-refractivity contribution in [3.05, 3.63) is 40.6 Å². The minimum absolute atomic E-state index is 0.409. The molecule has 2 aromatic carbocycles. The summed E-state index contributed by atoms with van der Waals surface area (Å²) >= 11 is 5.27. The molecule has 1 saturated heterocycles. The number of ether oxygens (including phenoxy) is 1. The van der Waals surface area contributed by atoms with E-state index in [9.17, 15) is 0 Å². The summed E-state index contributed by atoms with van der Waals surface area (Å²) in [6.45, 7) is 2.17. The first-order chi connectivity index (χ1) is 13.7. The van der Waals surface area contributed by atoms with Gasteiger partial charge in [-0.1, -0.05) is 35.6 Å². The van der Waals surface area contributed by atoms with Crippen LogP contribution in [-0.4, -0.2) is 52.0 Å². The molecular weight excluding hydrogens is 438 g/mol. The number of aromatic nitrogens is 4. The Morgan fingerprint density at radius 3 is 2.75 bits per heavy atom. The molecule has 5 rings (SSSR count). The van der Waals surface area contributed by atoms with E-state index in [2.05, 4.69) is 56.3 Å². The molecule has 0 amide bonds. The van der Waals surface area contributed by atoms with E-state index in [1.165, 1.54) is 0 Å². The summed E-state index contributed by atoms with van der Waals surface area (Å²) < 4.78 is 8.62. The number of piperidine rings is 1. The van der Waals surface area contributed by atoms with Crippen LogP contribution in [0.3, 0.4) is 0 Å². The highest BCUT2D eigenvalue weighted by Gasteiger charge is 2.25. The van der Waals surface area contributed by atoms with Gasteiger partial charge in [-0.15, -0.1) is 10.2 Å². The molecule has 1 aliphatic rings. The van der Waals surface area contributed by atoms with Crippen LogP contribution >= 0.6 is 27.3 Å². The maximum absolute atomic E-state index is 5.74. The summed E-state index contributed by atoms with van der Waals surface area (Å²) in [7, 11) is 3.86. The molecule has 0 saturated carbocycles. The second-order valence-corrected chi connectivity index (χ2v) is 8.98. The Bertz CT molecular complexity index is 1160. The molecule has 0 atom stereocenters. The predicted molar refractivity (Wildman–Crippen MR) is 115 cm³/mol. The molecule has 0 unspecified atom stereocenters. The molecule has 0 N–H and O–H groups in total. The molecular formula is C20H20BrN5OS. The lowest BCUT2D eigenvalue weighted by Gasteiger charge is -2.27. The lowest BCUT2D eigenvalue weighted by Crippen LogP contribution is -2.30. The standard InChI is InChI=1S/C20H20BrN5OS/c1-25-9-7-12(8-10-25)18-22-23-20-26(18)24-19(28-20)15-11-13-5-3-4-6-14(13)16(21)17(15)27-2/h3-6,11-12H,7-10H2,1-2H3. The Labute approximate surface area is 175 Å². The van der Waals surface area contributed by atoms with Crippen molar-refractivity contribution in [3.8, 4) is 16.3 Å². The van der Waals surface area contributed by atoms with E-state index >= 15 is 0 Å². The highest BCUT2D eigenvalue weighted by molar-refractivity contribution is 9.10. The van der Waals surface area contributed by atoms with E-state index in [0.29, 0.717) is 5.92 Å². The van der Waals surface area contributed by atoms with Gasteiger partial charge in [-0.25, -0.2) is 0 Å². The second-order valence-electron chi connectivity index (χ2n) is 7.23. The Kier molecular flexibility index (Phi) is 4.57. The Morgan fingerprint density at radius 1 is 1.18 bits per heavy atom. The summed E-state index contributed by atoms with van der Waals surface area (Å²) in [5.41, 5.74) is 0.970. The van der Waals surface area contributed by atoms with Crippen LogP contribution in [0.2, 0.25) is 0 Å². The summed E-state index contributed by atoms with van der Waals surface area (Å²) in [5.74, 6) is 2.18. The molecule has 8 heteroatoms. The lowest BCUT2D eigenvalue weighted by molar-refractivity contribution is 0.250. The maximum atomic E-state index is 5.74. The molecule has 1 fully saturated rings. The monoisotopic (exact) mass is 457 g/mol. The van der Waals surface area contributed by atoms with Crippen LogP contribution in [0.5, 0.6) is 5.75 Å². The SMILES string of the molecule is COc1c(-c2nn3c(C4CCN(C)CC4)nnc3s2)cc2ccccc2c1Br. The smallest absolute Gasteiger partial charge is 0.234 e. The van der Waals surface area contributed by atoms with Crippen molar-refractivity contribution in [1.82, 2.24) is 24.7 Å². The van der Waals surface area contributed by atoms with Gasteiger partial charge in [-0.05, 0) is 65.7 Å². The van der Waals surface area contributed by atoms with E-state index in [0.717, 1.165) is 68.3 Å². The third-order valence-electron chi connectivity index (χ3n) is 5.47. The highest BCUT2D eigenvalue weighted by Crippen LogP contribution is 2.43. The van der Waals surface area contributed by atoms with Crippen LogP contribution in [0.25, 0.3) is 26.3 Å². The summed E-state index contributed by atoms with van der Waals surface area (Å²) in [4.78, 5) is 3.19. The van der Waals surface area contributed by atoms with Gasteiger partial charge in [0.25, 0.3) is 0 Å². The Hall–Kier alpha value is -2.03. The van der Waals surface area contributed by atoms with Crippen LogP contribution < -0.4 is 4.74 Å². The normalized spacial score (nSPS) is 16.2. The molecule has 1 aliphatic heterocycles. The molecule has 4 aromatic rings. The van der Waals surface area contributed by atoms with Crippen molar-refractivity contribution in [2.24, 2.45) is 0 Å². The molecule has 2 aromatic heterocycles. The van der Waals surface area contributed by atoms with Crippen molar-refractivity contribution in [1.29, 1.82) is 0 Å². The van der Waals surface area contributed by atoms with Crippen LogP contribution in [0.4, 0.5) is 0 Å². The maximum Gasteiger partial charge on any atom is 0.234 e. The molecule has 144 valence electrons. The van der Waals surface area contributed by atoms with Crippen molar-refractivity contribution < 1.29 is 4.74 Å². The van der Waals surface area contributed by atoms with Gasteiger partial charge in [0.05, 0.1) is 17.1 Å². The first-order valence-electron chi connectivity index (χ1n) is 9.32. The van der Waals surface area contributed by atoms with Gasteiger partial charge in [0.15, 0.2) is 10.8 Å². The molecule has 3 heterocycles. The molecule has 28 heavy (non-hydrogen) atoms. The zero-order chi connectivity index (χ0) is 19.3. The molecule has 6 nitrogen and oxygen atoms in total. The zero-order valence-electron chi connectivity index (χ0n) is 15.7. The number of fused-ring (bicyclic) bond motifs is 2. The lowest BCUT2D eigenvalue weighted by atomic mass is 9.96. The van der Waals surface area contributed by atoms with Crippen LogP contribution in [-0.2, 0) is 0 Å². The van der Waals surface area contributed by atoms with Gasteiger partial charge in [0.2, 0.25) is 4.96 Å². The topological polar surface area (TPSA) is 55.6 Å². The van der Waals surface area contributed by atoms with Crippen molar-refractivity contribution >= 4 is 43.0 Å². The van der Waals surface area contributed by atoms with Crippen molar-refractivity contribution in [2.75, 3.05) is 27.2 Å². The van der Waals surface area contributed by atoms with E-state index in [1.807, 2.05) is 16.6 Å². The van der Waals surface area contributed by atoms with Crippen LogP contribution in [0, 0.1) is 0 Å². The third kappa shape index (κ3) is 2.91. The quantitative estimate of drug-likeness (QED) is 0.450. The van der Waals surface area contributed by atoms with E-state index in [1.54, 1.807) is 18.4 Å². The minimum Gasteiger partial charge on any atom is -0.495 e. The van der Waals surface area contributed by atoms with Crippen molar-refractivity contribution in [2.45, 2.75) is 18.8 Å². The largest absolute Gasteiger partial charge is 0.495 e. The van der Waals surface area contributed by atoms with E-state index in [4.69, 9.17) is 9.84 Å². The fourth-order valence-corrected chi connectivity index (χ4v) is 5.50. The van der Waals surface area contributed by atoms with Gasteiger partial charge < -0.3 is 9.64 Å². The third-order valence-corrected chi connectivity index (χ3v) is 7.19. The average molecular weight is 458 g/mol. The molecule has 0 bridgehead atoms. The molecule has 0 spiro atoms. The highest BCUT2D eigenvalue weighted by atomic mass is 79.9.